The lowest BCUT2D eigenvalue weighted by Crippen LogP contribution is -2.11. The van der Waals surface area contributed by atoms with E-state index in [0.717, 1.165) is 0 Å². The van der Waals surface area contributed by atoms with E-state index in [4.69, 9.17) is 16.3 Å². The van der Waals surface area contributed by atoms with Gasteiger partial charge in [0.05, 0.1) is 16.3 Å². The van der Waals surface area contributed by atoms with Crippen LogP contribution < -0.4 is 15.4 Å². The number of rotatable bonds is 6. The number of amides is 1. The molecule has 31 heavy (non-hydrogen) atoms. The van der Waals surface area contributed by atoms with Crippen molar-refractivity contribution in [2.24, 2.45) is 0 Å². The summed E-state index contributed by atoms with van der Waals surface area (Å²) in [5, 5.41) is 6.10. The predicted octanol–water partition coefficient (Wildman–Crippen LogP) is 5.28. The molecule has 0 fully saturated rings. The molecule has 7 nitrogen and oxygen atoms in total. The summed E-state index contributed by atoms with van der Waals surface area (Å²) >= 11 is 6.34. The van der Waals surface area contributed by atoms with Gasteiger partial charge in [0.1, 0.15) is 5.75 Å². The number of benzene rings is 2. The van der Waals surface area contributed by atoms with Crippen LogP contribution in [0.5, 0.6) is 11.6 Å². The molecule has 0 aliphatic rings. The van der Waals surface area contributed by atoms with Gasteiger partial charge in [0.2, 0.25) is 11.8 Å². The lowest BCUT2D eigenvalue weighted by molar-refractivity contribution is 0.102. The number of ether oxygens (including phenoxy) is 1. The first-order valence-electron chi connectivity index (χ1n) is 9.44. The van der Waals surface area contributed by atoms with Gasteiger partial charge in [0.15, 0.2) is 0 Å². The standard InChI is InChI=1S/C23H18ClN5O2/c1-25-23-27-13-11-19(29-23)17-8-5-12-26-22(17)31-20-14-15(9-10-18(20)24)21(30)28-16-6-3-2-4-7-16/h2-14H,1H3,(H,28,30)(H,25,27,29). The maximum absolute atomic E-state index is 12.6. The molecule has 0 unspecified atom stereocenters. The third-order valence-electron chi connectivity index (χ3n) is 4.36. The SMILES string of the molecule is CNc1nccc(-c2cccnc2Oc2cc(C(=O)Nc3ccccc3)ccc2Cl)n1. The van der Waals surface area contributed by atoms with Crippen molar-refractivity contribution in [1.82, 2.24) is 15.0 Å². The minimum Gasteiger partial charge on any atom is -0.437 e. The monoisotopic (exact) mass is 431 g/mol. The molecule has 0 spiro atoms. The molecule has 2 aromatic heterocycles. The number of hydrogen-bond donors (Lipinski definition) is 2. The van der Waals surface area contributed by atoms with Crippen LogP contribution in [0.25, 0.3) is 11.3 Å². The summed E-state index contributed by atoms with van der Waals surface area (Å²) in [4.78, 5) is 25.5. The highest BCUT2D eigenvalue weighted by Crippen LogP contribution is 2.34. The van der Waals surface area contributed by atoms with Crippen LogP contribution in [0.4, 0.5) is 11.6 Å². The first-order chi connectivity index (χ1) is 15.1. The Balaban J connectivity index is 1.63. The zero-order valence-corrected chi connectivity index (χ0v) is 17.3. The number of nitrogens with zero attached hydrogens (tertiary/aromatic N) is 3. The van der Waals surface area contributed by atoms with E-state index < -0.39 is 0 Å². The van der Waals surface area contributed by atoms with Gasteiger partial charge in [-0.25, -0.2) is 15.0 Å². The molecule has 8 heteroatoms. The highest BCUT2D eigenvalue weighted by molar-refractivity contribution is 6.32. The number of nitrogens with one attached hydrogen (secondary N) is 2. The average molecular weight is 432 g/mol. The van der Waals surface area contributed by atoms with E-state index in [1.165, 1.54) is 0 Å². The second-order valence-corrected chi connectivity index (χ2v) is 6.85. The molecule has 0 radical (unpaired) electrons. The Hall–Kier alpha value is -3.97. The number of carbonyl (C=O) groups is 1. The smallest absolute Gasteiger partial charge is 0.255 e. The molecule has 0 saturated heterocycles. The van der Waals surface area contributed by atoms with E-state index in [-0.39, 0.29) is 5.91 Å². The molecule has 4 rings (SSSR count). The highest BCUT2D eigenvalue weighted by atomic mass is 35.5. The molecule has 1 amide bonds. The summed E-state index contributed by atoms with van der Waals surface area (Å²) in [6.45, 7) is 0. The predicted molar refractivity (Wildman–Crippen MR) is 121 cm³/mol. The van der Waals surface area contributed by atoms with Gasteiger partial charge >= 0.3 is 0 Å². The number of para-hydroxylation sites is 1. The van der Waals surface area contributed by atoms with Crippen LogP contribution in [0.15, 0.2) is 79.1 Å². The highest BCUT2D eigenvalue weighted by Gasteiger charge is 2.15. The van der Waals surface area contributed by atoms with E-state index in [0.29, 0.717) is 45.1 Å². The van der Waals surface area contributed by atoms with E-state index in [2.05, 4.69) is 25.6 Å². The number of hydrogen-bond acceptors (Lipinski definition) is 6. The van der Waals surface area contributed by atoms with Crippen LogP contribution in [0.1, 0.15) is 10.4 Å². The maximum Gasteiger partial charge on any atom is 0.255 e. The molecule has 0 aliphatic carbocycles. The Morgan fingerprint density at radius 3 is 2.61 bits per heavy atom. The molecular weight excluding hydrogens is 414 g/mol. The van der Waals surface area contributed by atoms with Crippen LogP contribution in [0.2, 0.25) is 5.02 Å². The van der Waals surface area contributed by atoms with Gasteiger partial charge in [-0.05, 0) is 48.5 Å². The van der Waals surface area contributed by atoms with E-state index >= 15 is 0 Å². The normalized spacial score (nSPS) is 10.4. The summed E-state index contributed by atoms with van der Waals surface area (Å²) in [6, 6.07) is 19.4. The molecule has 0 aliphatic heterocycles. The van der Waals surface area contributed by atoms with Crippen LogP contribution in [0, 0.1) is 0 Å². The van der Waals surface area contributed by atoms with Crippen molar-refractivity contribution < 1.29 is 9.53 Å². The minimum absolute atomic E-state index is 0.275. The molecule has 4 aromatic rings. The van der Waals surface area contributed by atoms with Gasteiger partial charge in [-0.2, -0.15) is 0 Å². The fourth-order valence-electron chi connectivity index (χ4n) is 2.85. The molecule has 2 N–H and O–H groups in total. The zero-order chi connectivity index (χ0) is 21.6. The van der Waals surface area contributed by atoms with E-state index in [1.807, 2.05) is 36.4 Å². The number of anilines is 2. The molecule has 2 aromatic carbocycles. The molecule has 154 valence electrons. The van der Waals surface area contributed by atoms with Gasteiger partial charge in [-0.15, -0.1) is 0 Å². The first kappa shape index (κ1) is 20.3. The Labute approximate surface area is 184 Å². The molecule has 0 bridgehead atoms. The van der Waals surface area contributed by atoms with Gasteiger partial charge in [0.25, 0.3) is 5.91 Å². The summed E-state index contributed by atoms with van der Waals surface area (Å²) in [5.41, 5.74) is 2.40. The minimum atomic E-state index is -0.275. The lowest BCUT2D eigenvalue weighted by atomic mass is 10.2. The van der Waals surface area contributed by atoms with Crippen molar-refractivity contribution in [2.45, 2.75) is 0 Å². The number of pyridine rings is 1. The molecule has 2 heterocycles. The topological polar surface area (TPSA) is 89.0 Å². The Morgan fingerprint density at radius 1 is 0.968 bits per heavy atom. The van der Waals surface area contributed by atoms with E-state index in [9.17, 15) is 4.79 Å². The second-order valence-electron chi connectivity index (χ2n) is 6.44. The lowest BCUT2D eigenvalue weighted by Gasteiger charge is -2.12. The summed E-state index contributed by atoms with van der Waals surface area (Å²) < 4.78 is 6.01. The van der Waals surface area contributed by atoms with Crippen molar-refractivity contribution in [3.05, 3.63) is 89.7 Å². The van der Waals surface area contributed by atoms with Crippen LogP contribution >= 0.6 is 11.6 Å². The van der Waals surface area contributed by atoms with Crippen LogP contribution in [-0.2, 0) is 0 Å². The first-order valence-corrected chi connectivity index (χ1v) is 9.82. The van der Waals surface area contributed by atoms with Crippen LogP contribution in [0.3, 0.4) is 0 Å². The zero-order valence-electron chi connectivity index (χ0n) is 16.5. The number of halogens is 1. The van der Waals surface area contributed by atoms with Gasteiger partial charge < -0.3 is 15.4 Å². The number of aromatic nitrogens is 3. The average Bonchev–Trinajstić information content (AvgIpc) is 2.81. The summed E-state index contributed by atoms with van der Waals surface area (Å²) in [5.74, 6) is 0.823. The van der Waals surface area contributed by atoms with Gasteiger partial charge in [-0.3, -0.25) is 4.79 Å². The Kier molecular flexibility index (Phi) is 6.05. The van der Waals surface area contributed by atoms with Crippen LogP contribution in [-0.4, -0.2) is 27.9 Å². The van der Waals surface area contributed by atoms with Gasteiger partial charge in [-0.1, -0.05) is 29.8 Å². The molecule has 0 saturated carbocycles. The molecule has 0 atom stereocenters. The van der Waals surface area contributed by atoms with Crippen molar-refractivity contribution in [3.8, 4) is 22.9 Å². The third-order valence-corrected chi connectivity index (χ3v) is 4.67. The fourth-order valence-corrected chi connectivity index (χ4v) is 3.00. The maximum atomic E-state index is 12.6. The van der Waals surface area contributed by atoms with E-state index in [1.54, 1.807) is 49.8 Å². The number of carbonyl (C=O) groups excluding carboxylic acids is 1. The van der Waals surface area contributed by atoms with Gasteiger partial charge in [0, 0.05) is 30.7 Å². The Bertz CT molecular complexity index is 1220. The summed E-state index contributed by atoms with van der Waals surface area (Å²) in [7, 11) is 1.74. The molecular formula is C23H18ClN5O2. The quantitative estimate of drug-likeness (QED) is 0.432. The van der Waals surface area contributed by atoms with Crippen molar-refractivity contribution in [1.29, 1.82) is 0 Å². The van der Waals surface area contributed by atoms with Crippen molar-refractivity contribution in [2.75, 3.05) is 17.7 Å². The largest absolute Gasteiger partial charge is 0.437 e. The van der Waals surface area contributed by atoms with Crippen molar-refractivity contribution >= 4 is 29.1 Å². The Morgan fingerprint density at radius 2 is 1.81 bits per heavy atom. The summed E-state index contributed by atoms with van der Waals surface area (Å²) in [6.07, 6.45) is 3.26. The van der Waals surface area contributed by atoms with Crippen molar-refractivity contribution in [3.63, 3.8) is 0 Å². The second kappa shape index (κ2) is 9.23. The third kappa shape index (κ3) is 4.79. The fraction of sp³-hybridized carbons (Fsp3) is 0.0435.